The van der Waals surface area contributed by atoms with Crippen LogP contribution in [0.1, 0.15) is 32.8 Å². The number of carbonyl (C=O) groups excluding carboxylic acids is 3. The maximum absolute atomic E-state index is 11.8. The van der Waals surface area contributed by atoms with Gasteiger partial charge in [-0.2, -0.15) is 5.10 Å². The molecule has 130 valence electrons. The fraction of sp³-hybridized carbons (Fsp3) is 0.438. The Bertz CT molecular complexity index is 599. The Morgan fingerprint density at radius 2 is 1.96 bits per heavy atom. The van der Waals surface area contributed by atoms with Gasteiger partial charge in [-0.15, -0.1) is 0 Å². The van der Waals surface area contributed by atoms with Crippen LogP contribution in [0, 0.1) is 5.92 Å². The second kappa shape index (κ2) is 10.1. The van der Waals surface area contributed by atoms with E-state index >= 15 is 0 Å². The highest BCUT2D eigenvalue weighted by Crippen LogP contribution is 1.95. The maximum atomic E-state index is 11.8. The molecule has 8 nitrogen and oxygen atoms in total. The zero-order chi connectivity index (χ0) is 17.9. The number of rotatable bonds is 7. The van der Waals surface area contributed by atoms with E-state index in [1.807, 2.05) is 19.9 Å². The molecule has 0 aliphatic heterocycles. The summed E-state index contributed by atoms with van der Waals surface area (Å²) in [4.78, 5) is 38.7. The molecule has 1 heterocycles. The van der Waals surface area contributed by atoms with Gasteiger partial charge in [-0.1, -0.05) is 19.9 Å². The zero-order valence-electron chi connectivity index (χ0n) is 14.1. The molecule has 0 saturated carbocycles. The molecular weight excluding hydrogens is 310 g/mol. The van der Waals surface area contributed by atoms with Gasteiger partial charge in [0.2, 0.25) is 5.91 Å². The Kier molecular flexibility index (Phi) is 8.10. The lowest BCUT2D eigenvalue weighted by atomic mass is 10.2. The third-order valence-electron chi connectivity index (χ3n) is 2.85. The van der Waals surface area contributed by atoms with Gasteiger partial charge >= 0.3 is 11.8 Å². The van der Waals surface area contributed by atoms with E-state index < -0.39 is 11.8 Å². The minimum atomic E-state index is -0.856. The molecule has 1 aromatic rings. The minimum Gasteiger partial charge on any atom is -0.352 e. The predicted molar refractivity (Wildman–Crippen MR) is 89.8 cm³/mol. The number of pyridine rings is 1. The first kappa shape index (κ1) is 19.3. The lowest BCUT2D eigenvalue weighted by Gasteiger charge is -2.07. The highest BCUT2D eigenvalue weighted by molar-refractivity contribution is 6.35. The molecule has 0 spiro atoms. The Morgan fingerprint density at radius 1 is 1.21 bits per heavy atom. The highest BCUT2D eigenvalue weighted by Gasteiger charge is 2.13. The molecule has 0 fully saturated rings. The molecule has 24 heavy (non-hydrogen) atoms. The van der Waals surface area contributed by atoms with Gasteiger partial charge in [-0.05, 0) is 24.5 Å². The number of nitrogens with zero attached hydrogens (tertiary/aromatic N) is 2. The van der Waals surface area contributed by atoms with Crippen LogP contribution in [0.25, 0.3) is 0 Å². The van der Waals surface area contributed by atoms with Crippen molar-refractivity contribution in [2.24, 2.45) is 11.0 Å². The number of hydrazone groups is 1. The second-order valence-corrected chi connectivity index (χ2v) is 5.71. The quantitative estimate of drug-likeness (QED) is 0.380. The Hall–Kier alpha value is -2.77. The van der Waals surface area contributed by atoms with Crippen LogP contribution in [-0.2, 0) is 20.9 Å². The second-order valence-electron chi connectivity index (χ2n) is 5.71. The number of amides is 3. The van der Waals surface area contributed by atoms with Crippen molar-refractivity contribution < 1.29 is 14.4 Å². The molecule has 0 atom stereocenters. The standard InChI is InChI=1S/C16H23N5O3/c1-11(2)8-19-15(23)16(24)21-20-12(3)7-14(22)18-10-13-5-4-6-17-9-13/h4-6,9,11H,7-8,10H2,1-3H3,(H,18,22)(H,19,23)(H,21,24)/b20-12+. The topological polar surface area (TPSA) is 113 Å². The summed E-state index contributed by atoms with van der Waals surface area (Å²) in [7, 11) is 0. The predicted octanol–water partition coefficient (Wildman–Crippen LogP) is 0.352. The molecular formula is C16H23N5O3. The molecule has 0 unspecified atom stereocenters. The summed E-state index contributed by atoms with van der Waals surface area (Å²) in [5.74, 6) is -1.60. The maximum Gasteiger partial charge on any atom is 0.329 e. The number of nitrogens with one attached hydrogen (secondary N) is 3. The SMILES string of the molecule is C/C(CC(=O)NCc1cccnc1)=N\NC(=O)C(=O)NCC(C)C. The molecule has 0 bridgehead atoms. The highest BCUT2D eigenvalue weighted by atomic mass is 16.2. The summed E-state index contributed by atoms with van der Waals surface area (Å²) < 4.78 is 0. The molecule has 3 amide bonds. The zero-order valence-corrected chi connectivity index (χ0v) is 14.1. The van der Waals surface area contributed by atoms with Crippen LogP contribution in [0.2, 0.25) is 0 Å². The normalized spacial score (nSPS) is 11.1. The van der Waals surface area contributed by atoms with Crippen molar-refractivity contribution in [2.75, 3.05) is 6.54 Å². The van der Waals surface area contributed by atoms with Crippen molar-refractivity contribution >= 4 is 23.4 Å². The summed E-state index contributed by atoms with van der Waals surface area (Å²) >= 11 is 0. The molecule has 0 radical (unpaired) electrons. The van der Waals surface area contributed by atoms with Gasteiger partial charge in [0, 0.05) is 31.2 Å². The van der Waals surface area contributed by atoms with E-state index in [1.165, 1.54) is 0 Å². The summed E-state index contributed by atoms with van der Waals surface area (Å²) in [5.41, 5.74) is 3.41. The van der Waals surface area contributed by atoms with Crippen LogP contribution in [0.5, 0.6) is 0 Å². The van der Waals surface area contributed by atoms with Gasteiger partial charge in [0.25, 0.3) is 0 Å². The van der Waals surface area contributed by atoms with Crippen molar-refractivity contribution in [2.45, 2.75) is 33.7 Å². The van der Waals surface area contributed by atoms with Gasteiger partial charge in [0.15, 0.2) is 0 Å². The Morgan fingerprint density at radius 3 is 2.58 bits per heavy atom. The molecule has 1 rings (SSSR count). The van der Waals surface area contributed by atoms with Gasteiger partial charge in [0.1, 0.15) is 0 Å². The lowest BCUT2D eigenvalue weighted by Crippen LogP contribution is -2.39. The van der Waals surface area contributed by atoms with E-state index in [4.69, 9.17) is 0 Å². The lowest BCUT2D eigenvalue weighted by molar-refractivity contribution is -0.139. The monoisotopic (exact) mass is 333 g/mol. The number of carbonyl (C=O) groups is 3. The van der Waals surface area contributed by atoms with E-state index in [9.17, 15) is 14.4 Å². The van der Waals surface area contributed by atoms with Crippen LogP contribution in [0.3, 0.4) is 0 Å². The van der Waals surface area contributed by atoms with Crippen LogP contribution in [-0.4, -0.2) is 35.0 Å². The molecule has 0 aliphatic rings. The smallest absolute Gasteiger partial charge is 0.329 e. The van der Waals surface area contributed by atoms with Gasteiger partial charge in [-0.3, -0.25) is 19.4 Å². The third-order valence-corrected chi connectivity index (χ3v) is 2.85. The first-order chi connectivity index (χ1) is 11.4. The van der Waals surface area contributed by atoms with E-state index in [0.29, 0.717) is 18.8 Å². The van der Waals surface area contributed by atoms with Gasteiger partial charge in [-0.25, -0.2) is 5.43 Å². The summed E-state index contributed by atoms with van der Waals surface area (Å²) in [6.45, 7) is 6.21. The van der Waals surface area contributed by atoms with E-state index in [2.05, 4.69) is 26.1 Å². The van der Waals surface area contributed by atoms with Gasteiger partial charge in [0.05, 0.1) is 6.42 Å². The number of hydrogen-bond acceptors (Lipinski definition) is 5. The third kappa shape index (κ3) is 8.02. The van der Waals surface area contributed by atoms with Crippen molar-refractivity contribution in [3.8, 4) is 0 Å². The molecule has 3 N–H and O–H groups in total. The fourth-order valence-electron chi connectivity index (χ4n) is 1.61. The van der Waals surface area contributed by atoms with Crippen molar-refractivity contribution in [3.05, 3.63) is 30.1 Å². The first-order valence-corrected chi connectivity index (χ1v) is 7.65. The molecule has 0 aliphatic carbocycles. The van der Waals surface area contributed by atoms with Crippen molar-refractivity contribution in [1.82, 2.24) is 21.0 Å². The van der Waals surface area contributed by atoms with Crippen LogP contribution in [0.4, 0.5) is 0 Å². The molecule has 0 aromatic carbocycles. The number of aromatic nitrogens is 1. The largest absolute Gasteiger partial charge is 0.352 e. The van der Waals surface area contributed by atoms with E-state index in [1.54, 1.807) is 25.4 Å². The summed E-state index contributed by atoms with van der Waals surface area (Å²) in [5, 5.41) is 8.95. The average Bonchev–Trinajstić information content (AvgIpc) is 2.56. The first-order valence-electron chi connectivity index (χ1n) is 7.65. The van der Waals surface area contributed by atoms with Crippen molar-refractivity contribution in [3.63, 3.8) is 0 Å². The van der Waals surface area contributed by atoms with Crippen LogP contribution < -0.4 is 16.1 Å². The number of hydrogen-bond donors (Lipinski definition) is 3. The van der Waals surface area contributed by atoms with E-state index in [-0.39, 0.29) is 18.2 Å². The van der Waals surface area contributed by atoms with Crippen LogP contribution in [0.15, 0.2) is 29.6 Å². The Labute approximate surface area is 141 Å². The van der Waals surface area contributed by atoms with E-state index in [0.717, 1.165) is 5.56 Å². The Balaban J connectivity index is 2.33. The summed E-state index contributed by atoms with van der Waals surface area (Å²) in [6.07, 6.45) is 3.34. The average molecular weight is 333 g/mol. The van der Waals surface area contributed by atoms with Gasteiger partial charge < -0.3 is 10.6 Å². The molecule has 1 aromatic heterocycles. The van der Waals surface area contributed by atoms with Crippen LogP contribution >= 0.6 is 0 Å². The van der Waals surface area contributed by atoms with Crippen molar-refractivity contribution in [1.29, 1.82) is 0 Å². The molecule has 0 saturated heterocycles. The minimum absolute atomic E-state index is 0.0220. The fourth-order valence-corrected chi connectivity index (χ4v) is 1.61. The molecule has 8 heteroatoms. The summed E-state index contributed by atoms with van der Waals surface area (Å²) in [6, 6.07) is 3.64.